The van der Waals surface area contributed by atoms with Crippen LogP contribution in [0.5, 0.6) is 0 Å². The molecule has 0 saturated heterocycles. The molecule has 106 valence electrons. The molecule has 0 aliphatic rings. The van der Waals surface area contributed by atoms with Crippen LogP contribution < -0.4 is 10.6 Å². The molecule has 3 nitrogen and oxygen atoms in total. The predicted octanol–water partition coefficient (Wildman–Crippen LogP) is 2.82. The lowest BCUT2D eigenvalue weighted by Gasteiger charge is -2.10. The second kappa shape index (κ2) is 6.29. The minimum atomic E-state index is -4.46. The molecule has 0 spiro atoms. The van der Waals surface area contributed by atoms with Gasteiger partial charge in [0.2, 0.25) is 5.91 Å². The fourth-order valence-corrected chi connectivity index (χ4v) is 1.56. The van der Waals surface area contributed by atoms with Crippen LogP contribution in [0.3, 0.4) is 0 Å². The van der Waals surface area contributed by atoms with Crippen molar-refractivity contribution >= 4 is 27.5 Å². The molecule has 0 unspecified atom stereocenters. The first-order chi connectivity index (χ1) is 8.69. The number of halogens is 6. The van der Waals surface area contributed by atoms with Crippen molar-refractivity contribution in [2.75, 3.05) is 18.4 Å². The van der Waals surface area contributed by atoms with Gasteiger partial charge in [0.15, 0.2) is 11.6 Å². The highest BCUT2D eigenvalue weighted by atomic mass is 79.9. The van der Waals surface area contributed by atoms with Crippen LogP contribution in [-0.2, 0) is 4.79 Å². The Morgan fingerprint density at radius 2 is 1.74 bits per heavy atom. The van der Waals surface area contributed by atoms with E-state index in [1.807, 2.05) is 5.32 Å². The van der Waals surface area contributed by atoms with Crippen molar-refractivity contribution in [2.45, 2.75) is 6.18 Å². The largest absolute Gasteiger partial charge is 0.401 e. The number of anilines is 1. The van der Waals surface area contributed by atoms with Crippen LogP contribution >= 0.6 is 15.9 Å². The van der Waals surface area contributed by atoms with Gasteiger partial charge in [-0.15, -0.1) is 0 Å². The summed E-state index contributed by atoms with van der Waals surface area (Å²) in [6.45, 7) is -2.08. The van der Waals surface area contributed by atoms with Gasteiger partial charge >= 0.3 is 6.18 Å². The molecular formula is C10H8BrF5N2O. The quantitative estimate of drug-likeness (QED) is 0.823. The van der Waals surface area contributed by atoms with Gasteiger partial charge in [-0.05, 0) is 12.1 Å². The lowest BCUT2D eigenvalue weighted by Crippen LogP contribution is -2.35. The van der Waals surface area contributed by atoms with Crippen molar-refractivity contribution in [1.82, 2.24) is 5.32 Å². The maximum Gasteiger partial charge on any atom is 0.401 e. The van der Waals surface area contributed by atoms with E-state index in [-0.39, 0.29) is 4.47 Å². The van der Waals surface area contributed by atoms with E-state index in [1.165, 1.54) is 0 Å². The van der Waals surface area contributed by atoms with Gasteiger partial charge in [0.1, 0.15) is 5.69 Å². The maximum absolute atomic E-state index is 13.3. The monoisotopic (exact) mass is 346 g/mol. The first-order valence-corrected chi connectivity index (χ1v) is 5.70. The molecular weight excluding hydrogens is 339 g/mol. The zero-order chi connectivity index (χ0) is 14.6. The lowest BCUT2D eigenvalue weighted by molar-refractivity contribution is -0.127. The third-order valence-corrected chi connectivity index (χ3v) is 2.34. The molecule has 0 fully saturated rings. The van der Waals surface area contributed by atoms with Crippen LogP contribution in [0.4, 0.5) is 27.6 Å². The maximum atomic E-state index is 13.3. The van der Waals surface area contributed by atoms with Gasteiger partial charge in [-0.25, -0.2) is 8.78 Å². The van der Waals surface area contributed by atoms with Crippen LogP contribution in [0, 0.1) is 11.6 Å². The van der Waals surface area contributed by atoms with Crippen molar-refractivity contribution < 1.29 is 26.7 Å². The van der Waals surface area contributed by atoms with Gasteiger partial charge in [-0.1, -0.05) is 15.9 Å². The number of amides is 1. The highest BCUT2D eigenvalue weighted by molar-refractivity contribution is 9.10. The average Bonchev–Trinajstić information content (AvgIpc) is 2.21. The molecule has 0 aliphatic heterocycles. The third-order valence-electron chi connectivity index (χ3n) is 1.88. The minimum absolute atomic E-state index is 0.135. The highest BCUT2D eigenvalue weighted by Gasteiger charge is 2.26. The van der Waals surface area contributed by atoms with Gasteiger partial charge in [0.25, 0.3) is 0 Å². The summed E-state index contributed by atoms with van der Waals surface area (Å²) in [5, 5.41) is 3.66. The van der Waals surface area contributed by atoms with Crippen LogP contribution in [0.2, 0.25) is 0 Å². The van der Waals surface area contributed by atoms with Gasteiger partial charge in [-0.2, -0.15) is 13.2 Å². The first-order valence-electron chi connectivity index (χ1n) is 4.91. The summed E-state index contributed by atoms with van der Waals surface area (Å²) in [6, 6.07) is 1.84. The summed E-state index contributed by atoms with van der Waals surface area (Å²) >= 11 is 2.85. The topological polar surface area (TPSA) is 41.1 Å². The van der Waals surface area contributed by atoms with Gasteiger partial charge in [-0.3, -0.25) is 4.79 Å². The Bertz CT molecular complexity index is 454. The molecule has 0 radical (unpaired) electrons. The summed E-state index contributed by atoms with van der Waals surface area (Å²) in [4.78, 5) is 11.2. The van der Waals surface area contributed by atoms with Gasteiger partial charge in [0.05, 0.1) is 13.1 Å². The molecule has 9 heteroatoms. The van der Waals surface area contributed by atoms with E-state index in [1.54, 1.807) is 5.32 Å². The number of rotatable bonds is 4. The zero-order valence-electron chi connectivity index (χ0n) is 9.24. The Balaban J connectivity index is 2.58. The summed E-state index contributed by atoms with van der Waals surface area (Å²) in [5.41, 5.74) is -0.706. The van der Waals surface area contributed by atoms with Crippen LogP contribution in [0.15, 0.2) is 16.6 Å². The average molecular weight is 347 g/mol. The Kier molecular flexibility index (Phi) is 5.24. The molecule has 0 bridgehead atoms. The normalized spacial score (nSPS) is 11.5. The van der Waals surface area contributed by atoms with E-state index in [0.717, 1.165) is 12.1 Å². The molecule has 0 atom stereocenters. The Hall–Kier alpha value is -1.22. The Morgan fingerprint density at radius 1 is 1.21 bits per heavy atom. The van der Waals surface area contributed by atoms with E-state index >= 15 is 0 Å². The number of hydrogen-bond acceptors (Lipinski definition) is 2. The van der Waals surface area contributed by atoms with E-state index in [9.17, 15) is 26.7 Å². The number of alkyl halides is 3. The smallest absolute Gasteiger partial charge is 0.320 e. The van der Waals surface area contributed by atoms with E-state index < -0.39 is 42.5 Å². The predicted molar refractivity (Wildman–Crippen MR) is 61.6 cm³/mol. The molecule has 0 saturated carbocycles. The first kappa shape index (κ1) is 15.8. The molecule has 0 aromatic heterocycles. The summed E-state index contributed by atoms with van der Waals surface area (Å²) in [6.07, 6.45) is -4.46. The van der Waals surface area contributed by atoms with Gasteiger partial charge in [0, 0.05) is 4.47 Å². The zero-order valence-corrected chi connectivity index (χ0v) is 10.8. The Morgan fingerprint density at radius 3 is 2.21 bits per heavy atom. The number of carbonyl (C=O) groups is 1. The molecule has 19 heavy (non-hydrogen) atoms. The summed E-state index contributed by atoms with van der Waals surface area (Å²) < 4.78 is 62.1. The standard InChI is InChI=1S/C10H8BrF5N2O/c11-5-1-6(12)9(7(13)2-5)18-8(19)3-17-4-10(14,15)16/h1-2,17H,3-4H2,(H,18,19). The third kappa shape index (κ3) is 5.52. The van der Waals surface area contributed by atoms with Crippen LogP contribution in [0.25, 0.3) is 0 Å². The SMILES string of the molecule is O=C(CNCC(F)(F)F)Nc1c(F)cc(Br)cc1F. The van der Waals surface area contributed by atoms with E-state index in [2.05, 4.69) is 15.9 Å². The van der Waals surface area contributed by atoms with Crippen LogP contribution in [0.1, 0.15) is 0 Å². The minimum Gasteiger partial charge on any atom is -0.320 e. The van der Waals surface area contributed by atoms with Crippen molar-refractivity contribution in [1.29, 1.82) is 0 Å². The van der Waals surface area contributed by atoms with Crippen molar-refractivity contribution in [3.05, 3.63) is 28.2 Å². The Labute approximate surface area is 113 Å². The molecule has 1 aromatic rings. The number of hydrogen-bond donors (Lipinski definition) is 2. The molecule has 2 N–H and O–H groups in total. The highest BCUT2D eigenvalue weighted by Crippen LogP contribution is 2.23. The molecule has 0 heterocycles. The van der Waals surface area contributed by atoms with E-state index in [4.69, 9.17) is 0 Å². The second-order valence-electron chi connectivity index (χ2n) is 3.51. The van der Waals surface area contributed by atoms with Gasteiger partial charge < -0.3 is 10.6 Å². The van der Waals surface area contributed by atoms with Crippen molar-refractivity contribution in [2.24, 2.45) is 0 Å². The summed E-state index contributed by atoms with van der Waals surface area (Å²) in [7, 11) is 0. The molecule has 1 aromatic carbocycles. The lowest BCUT2D eigenvalue weighted by atomic mass is 10.3. The van der Waals surface area contributed by atoms with Crippen molar-refractivity contribution in [3.8, 4) is 0 Å². The molecule has 1 amide bonds. The molecule has 1 rings (SSSR count). The number of carbonyl (C=O) groups excluding carboxylic acids is 1. The molecule has 0 aliphatic carbocycles. The fraction of sp³-hybridized carbons (Fsp3) is 0.300. The van der Waals surface area contributed by atoms with Crippen molar-refractivity contribution in [3.63, 3.8) is 0 Å². The fourth-order valence-electron chi connectivity index (χ4n) is 1.16. The van der Waals surface area contributed by atoms with E-state index in [0.29, 0.717) is 0 Å². The summed E-state index contributed by atoms with van der Waals surface area (Å²) in [5.74, 6) is -3.04. The number of benzene rings is 1. The second-order valence-corrected chi connectivity index (χ2v) is 4.43. The number of nitrogens with one attached hydrogen (secondary N) is 2. The van der Waals surface area contributed by atoms with Crippen LogP contribution in [-0.4, -0.2) is 25.2 Å².